The maximum Gasteiger partial charge on any atom is 0.164 e. The first-order chi connectivity index (χ1) is 10.3. The summed E-state index contributed by atoms with van der Waals surface area (Å²) in [4.78, 5) is 0. The van der Waals surface area contributed by atoms with Crippen LogP contribution in [0.5, 0.6) is 11.5 Å². The van der Waals surface area contributed by atoms with Gasteiger partial charge in [-0.2, -0.15) is 0 Å². The van der Waals surface area contributed by atoms with E-state index in [4.69, 9.17) is 18.9 Å². The fraction of sp³-hybridized carbons (Fsp3) is 0.647. The summed E-state index contributed by atoms with van der Waals surface area (Å²) in [6, 6.07) is 3.70. The van der Waals surface area contributed by atoms with Gasteiger partial charge >= 0.3 is 0 Å². The normalized spacial score (nSPS) is 32.8. The van der Waals surface area contributed by atoms with Gasteiger partial charge in [0.1, 0.15) is 17.1 Å². The lowest BCUT2D eigenvalue weighted by molar-refractivity contribution is -0.170. The van der Waals surface area contributed by atoms with Crippen LogP contribution in [0.15, 0.2) is 12.1 Å². The van der Waals surface area contributed by atoms with E-state index < -0.39 is 17.5 Å². The monoisotopic (exact) mass is 308 g/mol. The maximum atomic E-state index is 10.7. The summed E-state index contributed by atoms with van der Waals surface area (Å²) >= 11 is 0. The Morgan fingerprint density at radius 1 is 1.18 bits per heavy atom. The molecule has 3 rings (SSSR count). The van der Waals surface area contributed by atoms with Gasteiger partial charge in [0.2, 0.25) is 0 Å². The third-order valence-electron chi connectivity index (χ3n) is 4.71. The Kier molecular flexibility index (Phi) is 3.62. The van der Waals surface area contributed by atoms with Gasteiger partial charge < -0.3 is 24.1 Å². The van der Waals surface area contributed by atoms with Crippen LogP contribution in [0.2, 0.25) is 0 Å². The number of rotatable bonds is 2. The van der Waals surface area contributed by atoms with Crippen LogP contribution in [0.25, 0.3) is 0 Å². The van der Waals surface area contributed by atoms with Crippen molar-refractivity contribution in [1.29, 1.82) is 0 Å². The first kappa shape index (κ1) is 15.6. The molecular weight excluding hydrogens is 284 g/mol. The molecule has 5 nitrogen and oxygen atoms in total. The van der Waals surface area contributed by atoms with E-state index in [9.17, 15) is 5.11 Å². The number of benzene rings is 1. The Bertz CT molecular complexity index is 583. The maximum absolute atomic E-state index is 10.7. The highest BCUT2D eigenvalue weighted by Gasteiger charge is 2.55. The van der Waals surface area contributed by atoms with Crippen molar-refractivity contribution in [1.82, 2.24) is 0 Å². The Morgan fingerprint density at radius 3 is 2.36 bits per heavy atom. The fourth-order valence-electron chi connectivity index (χ4n) is 3.86. The van der Waals surface area contributed by atoms with Crippen molar-refractivity contribution in [3.63, 3.8) is 0 Å². The van der Waals surface area contributed by atoms with Crippen molar-refractivity contribution in [2.75, 3.05) is 14.2 Å². The van der Waals surface area contributed by atoms with Gasteiger partial charge in [0.05, 0.1) is 26.4 Å². The first-order valence-electron chi connectivity index (χ1n) is 7.62. The summed E-state index contributed by atoms with van der Waals surface area (Å²) in [7, 11) is 3.25. The average molecular weight is 308 g/mol. The Balaban J connectivity index is 2.09. The van der Waals surface area contributed by atoms with Crippen LogP contribution in [0.3, 0.4) is 0 Å². The second-order valence-corrected chi connectivity index (χ2v) is 6.59. The van der Waals surface area contributed by atoms with Crippen LogP contribution in [0, 0.1) is 0 Å². The largest absolute Gasteiger partial charge is 0.496 e. The molecule has 1 aliphatic carbocycles. The number of ether oxygens (including phenoxy) is 4. The fourth-order valence-corrected chi connectivity index (χ4v) is 3.86. The smallest absolute Gasteiger partial charge is 0.164 e. The zero-order valence-electron chi connectivity index (χ0n) is 13.8. The van der Waals surface area contributed by atoms with Gasteiger partial charge in [-0.1, -0.05) is 0 Å². The number of aliphatic hydroxyl groups excluding tert-OH is 1. The molecule has 122 valence electrons. The topological polar surface area (TPSA) is 57.2 Å². The van der Waals surface area contributed by atoms with E-state index in [0.29, 0.717) is 18.6 Å². The first-order valence-corrected chi connectivity index (χ1v) is 7.62. The SMILES string of the molecule is COc1ccc(OC)c2c1C[C@@]1(C[C@@H]2O)OC(C)(C)O[C@H]1C. The van der Waals surface area contributed by atoms with Gasteiger partial charge in [-0.3, -0.25) is 0 Å². The van der Waals surface area contributed by atoms with E-state index in [1.807, 2.05) is 32.9 Å². The highest BCUT2D eigenvalue weighted by molar-refractivity contribution is 5.52. The summed E-state index contributed by atoms with van der Waals surface area (Å²) in [5, 5.41) is 10.7. The molecule has 0 bridgehead atoms. The Morgan fingerprint density at radius 2 is 1.82 bits per heavy atom. The van der Waals surface area contributed by atoms with Crippen LogP contribution in [-0.2, 0) is 15.9 Å². The van der Waals surface area contributed by atoms with E-state index in [-0.39, 0.29) is 6.10 Å². The lowest BCUT2D eigenvalue weighted by atomic mass is 9.75. The molecular formula is C17H24O5. The molecule has 5 heteroatoms. The quantitative estimate of drug-likeness (QED) is 0.910. The van der Waals surface area contributed by atoms with Crippen molar-refractivity contribution in [3.8, 4) is 11.5 Å². The van der Waals surface area contributed by atoms with Crippen LogP contribution in [-0.4, -0.2) is 36.8 Å². The van der Waals surface area contributed by atoms with Crippen LogP contribution in [0.1, 0.15) is 44.4 Å². The predicted molar refractivity (Wildman–Crippen MR) is 81.3 cm³/mol. The zero-order chi connectivity index (χ0) is 16.1. The molecule has 1 aliphatic heterocycles. The van der Waals surface area contributed by atoms with Gasteiger partial charge in [0.25, 0.3) is 0 Å². The minimum absolute atomic E-state index is 0.110. The highest BCUT2D eigenvalue weighted by atomic mass is 16.8. The molecule has 1 fully saturated rings. The van der Waals surface area contributed by atoms with Gasteiger partial charge in [-0.05, 0) is 32.9 Å². The standard InChI is InChI=1S/C17H24O5/c1-10-17(22-16(2,3)21-10)8-11-13(19-4)6-7-14(20-5)15(11)12(18)9-17/h6-7,10,12,18H,8-9H2,1-5H3/t10-,12-,17-/m0/s1. The van der Waals surface area contributed by atoms with E-state index in [2.05, 4.69) is 0 Å². The molecule has 1 spiro atoms. The Labute approximate surface area is 131 Å². The lowest BCUT2D eigenvalue weighted by Gasteiger charge is -2.39. The predicted octanol–water partition coefficient (Wildman–Crippen LogP) is 2.59. The third-order valence-corrected chi connectivity index (χ3v) is 4.71. The number of methoxy groups -OCH3 is 2. The van der Waals surface area contributed by atoms with Crippen LogP contribution < -0.4 is 9.47 Å². The minimum Gasteiger partial charge on any atom is -0.496 e. The summed E-state index contributed by atoms with van der Waals surface area (Å²) in [5.74, 6) is 0.779. The molecule has 3 atom stereocenters. The van der Waals surface area contributed by atoms with Crippen molar-refractivity contribution in [2.24, 2.45) is 0 Å². The molecule has 1 N–H and O–H groups in total. The molecule has 0 unspecified atom stereocenters. The molecule has 0 amide bonds. The van der Waals surface area contributed by atoms with Crippen molar-refractivity contribution in [3.05, 3.63) is 23.3 Å². The van der Waals surface area contributed by atoms with E-state index in [1.165, 1.54) is 0 Å². The minimum atomic E-state index is -0.672. The molecule has 1 heterocycles. The van der Waals surface area contributed by atoms with E-state index in [1.54, 1.807) is 14.2 Å². The van der Waals surface area contributed by atoms with E-state index >= 15 is 0 Å². The summed E-state index contributed by atoms with van der Waals surface area (Å²) < 4.78 is 23.0. The number of hydrogen-bond donors (Lipinski definition) is 1. The molecule has 1 saturated heterocycles. The van der Waals surface area contributed by atoms with E-state index in [0.717, 1.165) is 16.9 Å². The van der Waals surface area contributed by atoms with Crippen molar-refractivity contribution >= 4 is 0 Å². The second kappa shape index (κ2) is 5.11. The Hall–Kier alpha value is -1.30. The third kappa shape index (κ3) is 2.28. The molecule has 0 radical (unpaired) electrons. The summed E-state index contributed by atoms with van der Waals surface area (Å²) in [6.07, 6.45) is 0.327. The van der Waals surface area contributed by atoms with Gasteiger partial charge in [-0.15, -0.1) is 0 Å². The zero-order valence-corrected chi connectivity index (χ0v) is 13.8. The molecule has 22 heavy (non-hydrogen) atoms. The van der Waals surface area contributed by atoms with Crippen molar-refractivity contribution in [2.45, 2.75) is 57.2 Å². The van der Waals surface area contributed by atoms with Crippen LogP contribution >= 0.6 is 0 Å². The molecule has 2 aliphatic rings. The number of fused-ring (bicyclic) bond motifs is 1. The molecule has 1 aromatic rings. The van der Waals surface area contributed by atoms with Gasteiger partial charge in [0.15, 0.2) is 5.79 Å². The molecule has 0 saturated carbocycles. The second-order valence-electron chi connectivity index (χ2n) is 6.59. The number of hydrogen-bond acceptors (Lipinski definition) is 5. The van der Waals surface area contributed by atoms with Crippen molar-refractivity contribution < 1.29 is 24.1 Å². The highest BCUT2D eigenvalue weighted by Crippen LogP contribution is 2.51. The summed E-state index contributed by atoms with van der Waals surface area (Å²) in [5.41, 5.74) is 1.19. The average Bonchev–Trinajstić information content (AvgIpc) is 2.66. The molecule has 1 aromatic carbocycles. The summed E-state index contributed by atoms with van der Waals surface area (Å²) in [6.45, 7) is 5.81. The van der Waals surface area contributed by atoms with Gasteiger partial charge in [0, 0.05) is 24.0 Å². The van der Waals surface area contributed by atoms with Crippen LogP contribution in [0.4, 0.5) is 0 Å². The van der Waals surface area contributed by atoms with Gasteiger partial charge in [-0.25, -0.2) is 0 Å². The number of aliphatic hydroxyl groups is 1. The molecule has 0 aromatic heterocycles. The lowest BCUT2D eigenvalue weighted by Crippen LogP contribution is -2.45.